The summed E-state index contributed by atoms with van der Waals surface area (Å²) in [5.74, 6) is 0.885. The third-order valence-electron chi connectivity index (χ3n) is 4.54. The highest BCUT2D eigenvalue weighted by Crippen LogP contribution is 2.31. The maximum atomic E-state index is 13.3. The van der Waals surface area contributed by atoms with E-state index in [1.807, 2.05) is 6.92 Å². The number of halogens is 1. The smallest absolute Gasteiger partial charge is 0.493 e. The zero-order valence-corrected chi connectivity index (χ0v) is 19.6. The van der Waals surface area contributed by atoms with Gasteiger partial charge < -0.3 is 18.9 Å². The molecule has 0 aliphatic rings. The van der Waals surface area contributed by atoms with Gasteiger partial charge in [-0.25, -0.2) is 9.78 Å². The van der Waals surface area contributed by atoms with E-state index in [0.29, 0.717) is 33.2 Å². The second-order valence-corrected chi connectivity index (χ2v) is 8.45. The molecule has 1 unspecified atom stereocenters. The van der Waals surface area contributed by atoms with Crippen molar-refractivity contribution in [3.63, 3.8) is 0 Å². The first kappa shape index (κ1) is 23.8. The summed E-state index contributed by atoms with van der Waals surface area (Å²) in [7, 11) is 1.35. The fourth-order valence-electron chi connectivity index (χ4n) is 2.97. The van der Waals surface area contributed by atoms with Crippen LogP contribution in [0.1, 0.15) is 25.5 Å². The first-order valence-electron chi connectivity index (χ1n) is 9.88. The maximum absolute atomic E-state index is 13.3. The molecule has 2 aromatic heterocycles. The number of benzene rings is 1. The van der Waals surface area contributed by atoms with Crippen LogP contribution < -0.4 is 9.47 Å². The molecule has 0 N–H and O–H groups in total. The molecular weight excluding hydrogens is 458 g/mol. The molecule has 2 heterocycles. The summed E-state index contributed by atoms with van der Waals surface area (Å²) in [5.41, 5.74) is 1.58. The Morgan fingerprint density at radius 1 is 1.19 bits per heavy atom. The largest absolute Gasteiger partial charge is 0.510 e. The molecule has 0 saturated carbocycles. The first-order valence-corrected chi connectivity index (χ1v) is 11.6. The summed E-state index contributed by atoms with van der Waals surface area (Å²) in [6, 6.07) is 6.71. The molecule has 9 nitrogen and oxygen atoms in total. The van der Waals surface area contributed by atoms with Gasteiger partial charge in [0.05, 0.1) is 54.1 Å². The van der Waals surface area contributed by atoms with Crippen LogP contribution in [0.5, 0.6) is 11.5 Å². The summed E-state index contributed by atoms with van der Waals surface area (Å²) < 4.78 is 35.8. The van der Waals surface area contributed by atoms with Gasteiger partial charge in [0.1, 0.15) is 0 Å². The number of aromatic nitrogens is 3. The maximum Gasteiger partial charge on any atom is 0.510 e. The predicted octanol–water partition coefficient (Wildman–Crippen LogP) is 4.32. The van der Waals surface area contributed by atoms with Crippen LogP contribution in [0, 0.1) is 0 Å². The number of hydrogen-bond donors (Lipinski definition) is 0. The molecule has 32 heavy (non-hydrogen) atoms. The molecule has 0 saturated heterocycles. The standard InChI is InChI=1S/C21H24ClN3O6S/c1-4-5-10-30-21(26)31-13-25-17-11-14(22)6-7-15(17)24-20(25)32(27)12-16-19(29-3)18(28-2)8-9-23-16/h6-9,11H,4-5,10,12-13H2,1-3H3. The number of imidazole rings is 1. The summed E-state index contributed by atoms with van der Waals surface area (Å²) >= 11 is 6.14. The van der Waals surface area contributed by atoms with Crippen molar-refractivity contribution in [2.45, 2.75) is 37.4 Å². The Hall–Kier alpha value is -2.85. The van der Waals surface area contributed by atoms with Gasteiger partial charge in [-0.1, -0.05) is 24.9 Å². The van der Waals surface area contributed by atoms with Gasteiger partial charge in [-0.2, -0.15) is 0 Å². The number of fused-ring (bicyclic) bond motifs is 1. The molecule has 1 aromatic carbocycles. The lowest BCUT2D eigenvalue weighted by Crippen LogP contribution is -2.15. The lowest BCUT2D eigenvalue weighted by Gasteiger charge is -2.12. The minimum Gasteiger partial charge on any atom is -0.493 e. The fraction of sp³-hybridized carbons (Fsp3) is 0.381. The normalized spacial score (nSPS) is 11.9. The SMILES string of the molecule is CCCCOC(=O)OCn1c(S(=O)Cc2nccc(OC)c2OC)nc2ccc(Cl)cc21. The van der Waals surface area contributed by atoms with E-state index in [2.05, 4.69) is 9.97 Å². The molecule has 11 heteroatoms. The van der Waals surface area contributed by atoms with Gasteiger partial charge in [0.15, 0.2) is 18.2 Å². The van der Waals surface area contributed by atoms with Crippen molar-refractivity contribution in [1.29, 1.82) is 0 Å². The van der Waals surface area contributed by atoms with Crippen molar-refractivity contribution in [2.24, 2.45) is 0 Å². The van der Waals surface area contributed by atoms with Crippen LogP contribution in [0.2, 0.25) is 5.02 Å². The van der Waals surface area contributed by atoms with Crippen molar-refractivity contribution in [3.05, 3.63) is 41.2 Å². The first-order chi connectivity index (χ1) is 15.5. The quantitative estimate of drug-likeness (QED) is 0.311. The van der Waals surface area contributed by atoms with Crippen LogP contribution in [0.4, 0.5) is 4.79 Å². The van der Waals surface area contributed by atoms with Crippen molar-refractivity contribution in [1.82, 2.24) is 14.5 Å². The molecule has 0 radical (unpaired) electrons. The monoisotopic (exact) mass is 481 g/mol. The average Bonchev–Trinajstić information content (AvgIpc) is 3.15. The van der Waals surface area contributed by atoms with Crippen LogP contribution >= 0.6 is 11.6 Å². The average molecular weight is 482 g/mol. The molecule has 0 fully saturated rings. The minimum atomic E-state index is -1.65. The Balaban J connectivity index is 1.89. The van der Waals surface area contributed by atoms with Crippen LogP contribution in [0.15, 0.2) is 35.6 Å². The van der Waals surface area contributed by atoms with Gasteiger partial charge in [-0.3, -0.25) is 13.8 Å². The number of pyridine rings is 1. The summed E-state index contributed by atoms with van der Waals surface area (Å²) in [6.07, 6.45) is 2.37. The highest BCUT2D eigenvalue weighted by atomic mass is 35.5. The van der Waals surface area contributed by atoms with E-state index in [1.165, 1.54) is 18.8 Å². The lowest BCUT2D eigenvalue weighted by molar-refractivity contribution is 0.0320. The van der Waals surface area contributed by atoms with Crippen LogP contribution in [0.25, 0.3) is 11.0 Å². The van der Waals surface area contributed by atoms with Crippen molar-refractivity contribution in [2.75, 3.05) is 20.8 Å². The third kappa shape index (κ3) is 5.49. The zero-order valence-electron chi connectivity index (χ0n) is 18.0. The van der Waals surface area contributed by atoms with Gasteiger partial charge in [-0.15, -0.1) is 0 Å². The Bertz CT molecular complexity index is 1120. The molecule has 1 atom stereocenters. The van der Waals surface area contributed by atoms with E-state index < -0.39 is 17.0 Å². The highest BCUT2D eigenvalue weighted by Gasteiger charge is 2.21. The zero-order chi connectivity index (χ0) is 23.1. The van der Waals surface area contributed by atoms with Crippen molar-refractivity contribution >= 4 is 39.6 Å². The number of nitrogens with zero attached hydrogens (tertiary/aromatic N) is 3. The van der Waals surface area contributed by atoms with E-state index >= 15 is 0 Å². The summed E-state index contributed by atoms with van der Waals surface area (Å²) in [4.78, 5) is 20.7. The molecule has 0 amide bonds. The molecule has 172 valence electrons. The molecule has 0 bridgehead atoms. The second-order valence-electron chi connectivity index (χ2n) is 6.66. The Labute approximate surface area is 193 Å². The Morgan fingerprint density at radius 3 is 2.72 bits per heavy atom. The summed E-state index contributed by atoms with van der Waals surface area (Å²) in [6.45, 7) is 2.03. The highest BCUT2D eigenvalue weighted by molar-refractivity contribution is 7.84. The fourth-order valence-corrected chi connectivity index (χ4v) is 4.32. The third-order valence-corrected chi connectivity index (χ3v) is 6.03. The minimum absolute atomic E-state index is 0.0123. The number of ether oxygens (including phenoxy) is 4. The van der Waals surface area contributed by atoms with Gasteiger partial charge in [-0.05, 0) is 24.6 Å². The number of unbranched alkanes of at least 4 members (excludes halogenated alkanes) is 1. The molecule has 0 aliphatic carbocycles. The van der Waals surface area contributed by atoms with Crippen molar-refractivity contribution in [3.8, 4) is 11.5 Å². The molecule has 3 aromatic rings. The van der Waals surface area contributed by atoms with E-state index in [-0.39, 0.29) is 24.2 Å². The van der Waals surface area contributed by atoms with Crippen molar-refractivity contribution < 1.29 is 28.0 Å². The number of carbonyl (C=O) groups is 1. The number of carbonyl (C=O) groups excluding carboxylic acids is 1. The van der Waals surface area contributed by atoms with E-state index in [0.717, 1.165) is 12.8 Å². The van der Waals surface area contributed by atoms with Crippen LogP contribution in [-0.4, -0.2) is 45.7 Å². The number of rotatable bonds is 10. The van der Waals surface area contributed by atoms with Gasteiger partial charge >= 0.3 is 6.16 Å². The second kappa shape index (κ2) is 11.1. The van der Waals surface area contributed by atoms with Crippen LogP contribution in [0.3, 0.4) is 0 Å². The molecule has 0 spiro atoms. The van der Waals surface area contributed by atoms with Gasteiger partial charge in [0.25, 0.3) is 0 Å². The molecule has 3 rings (SSSR count). The Kier molecular flexibility index (Phi) is 8.29. The van der Waals surface area contributed by atoms with Gasteiger partial charge in [0.2, 0.25) is 5.16 Å². The number of methoxy groups -OCH3 is 2. The predicted molar refractivity (Wildman–Crippen MR) is 120 cm³/mol. The topological polar surface area (TPSA) is 102 Å². The number of hydrogen-bond acceptors (Lipinski definition) is 8. The molecule has 0 aliphatic heterocycles. The molecular formula is C21H24ClN3O6S. The van der Waals surface area contributed by atoms with Crippen LogP contribution in [-0.2, 0) is 32.8 Å². The van der Waals surface area contributed by atoms with Gasteiger partial charge in [0, 0.05) is 17.3 Å². The van der Waals surface area contributed by atoms with E-state index in [1.54, 1.807) is 30.5 Å². The summed E-state index contributed by atoms with van der Waals surface area (Å²) in [5, 5.41) is 0.674. The lowest BCUT2D eigenvalue weighted by atomic mass is 10.3. The van der Waals surface area contributed by atoms with E-state index in [4.69, 9.17) is 30.5 Å². The van der Waals surface area contributed by atoms with E-state index in [9.17, 15) is 9.00 Å². The Morgan fingerprint density at radius 2 is 2.00 bits per heavy atom.